The highest BCUT2D eigenvalue weighted by Crippen LogP contribution is 2.30. The number of allylic oxidation sites excluding steroid dienone is 1. The van der Waals surface area contributed by atoms with Crippen LogP contribution in [0.4, 0.5) is 0 Å². The summed E-state index contributed by atoms with van der Waals surface area (Å²) in [5.41, 5.74) is 2.36. The zero-order valence-electron chi connectivity index (χ0n) is 18.8. The van der Waals surface area contributed by atoms with Crippen LogP contribution in [0, 0.1) is 0 Å². The Morgan fingerprint density at radius 2 is 2.03 bits per heavy atom. The van der Waals surface area contributed by atoms with E-state index in [0.717, 1.165) is 15.6 Å². The molecule has 1 atom stereocenters. The average molecular weight is 539 g/mol. The van der Waals surface area contributed by atoms with Crippen molar-refractivity contribution in [2.75, 3.05) is 13.2 Å². The molecule has 0 radical (unpaired) electrons. The maximum Gasteiger partial charge on any atom is 0.338 e. The Morgan fingerprint density at radius 3 is 2.71 bits per heavy atom. The largest absolute Gasteiger partial charge is 0.488 e. The number of aromatic nitrogens is 1. The third-order valence-electron chi connectivity index (χ3n) is 5.24. The fourth-order valence-electron chi connectivity index (χ4n) is 3.77. The maximum absolute atomic E-state index is 13.6. The molecule has 1 aliphatic heterocycles. The molecule has 0 unspecified atom stereocenters. The summed E-state index contributed by atoms with van der Waals surface area (Å²) < 4.78 is 13.8. The maximum atomic E-state index is 13.6. The Hall–Kier alpha value is -3.23. The van der Waals surface area contributed by atoms with Crippen LogP contribution in [-0.2, 0) is 9.53 Å². The normalized spacial score (nSPS) is 15.5. The zero-order chi connectivity index (χ0) is 24.2. The molecule has 0 saturated heterocycles. The molecule has 34 heavy (non-hydrogen) atoms. The number of rotatable bonds is 7. The molecule has 2 heterocycles. The Labute approximate surface area is 209 Å². The van der Waals surface area contributed by atoms with Gasteiger partial charge in [0.15, 0.2) is 4.80 Å². The van der Waals surface area contributed by atoms with Gasteiger partial charge in [-0.1, -0.05) is 60.4 Å². The molecule has 0 bridgehead atoms. The van der Waals surface area contributed by atoms with Gasteiger partial charge in [0, 0.05) is 0 Å². The molecule has 8 heteroatoms. The second-order valence-electron chi connectivity index (χ2n) is 7.50. The molecule has 4 rings (SSSR count). The highest BCUT2D eigenvalue weighted by atomic mass is 79.9. The van der Waals surface area contributed by atoms with Gasteiger partial charge >= 0.3 is 5.97 Å². The minimum atomic E-state index is -0.611. The van der Waals surface area contributed by atoms with Crippen molar-refractivity contribution in [2.24, 2.45) is 4.99 Å². The molecule has 0 N–H and O–H groups in total. The predicted octanol–water partition coefficient (Wildman–Crippen LogP) is 4.13. The first-order valence-electron chi connectivity index (χ1n) is 10.7. The average Bonchev–Trinajstić information content (AvgIpc) is 3.12. The van der Waals surface area contributed by atoms with Crippen molar-refractivity contribution in [3.8, 4) is 5.75 Å². The molecular weight excluding hydrogens is 516 g/mol. The molecular formula is C26H23BrN2O4S. The van der Waals surface area contributed by atoms with Crippen LogP contribution in [-0.4, -0.2) is 23.8 Å². The van der Waals surface area contributed by atoms with Crippen LogP contribution in [0.5, 0.6) is 5.75 Å². The van der Waals surface area contributed by atoms with Crippen LogP contribution >= 0.6 is 27.3 Å². The highest BCUT2D eigenvalue weighted by molar-refractivity contribution is 9.10. The van der Waals surface area contributed by atoms with Crippen molar-refractivity contribution in [1.82, 2.24) is 4.57 Å². The van der Waals surface area contributed by atoms with Crippen LogP contribution < -0.4 is 19.6 Å². The van der Waals surface area contributed by atoms with Gasteiger partial charge in [-0.05, 0) is 59.1 Å². The summed E-state index contributed by atoms with van der Waals surface area (Å²) in [5.74, 6) is 0.225. The van der Waals surface area contributed by atoms with Gasteiger partial charge in [0.2, 0.25) is 0 Å². The van der Waals surface area contributed by atoms with Crippen LogP contribution in [0.15, 0.2) is 86.7 Å². The molecule has 2 aromatic carbocycles. The number of carbonyl (C=O) groups is 1. The van der Waals surface area contributed by atoms with Crippen molar-refractivity contribution in [3.05, 3.63) is 108 Å². The zero-order valence-corrected chi connectivity index (χ0v) is 21.2. The van der Waals surface area contributed by atoms with E-state index < -0.39 is 12.0 Å². The molecule has 174 valence electrons. The van der Waals surface area contributed by atoms with Gasteiger partial charge < -0.3 is 9.47 Å². The number of carbonyl (C=O) groups excluding carboxylic acids is 1. The summed E-state index contributed by atoms with van der Waals surface area (Å²) in [6.45, 7) is 7.83. The topological polar surface area (TPSA) is 69.9 Å². The van der Waals surface area contributed by atoms with E-state index in [2.05, 4.69) is 27.5 Å². The van der Waals surface area contributed by atoms with Crippen molar-refractivity contribution in [1.29, 1.82) is 0 Å². The van der Waals surface area contributed by atoms with E-state index >= 15 is 0 Å². The van der Waals surface area contributed by atoms with Gasteiger partial charge in [-0.25, -0.2) is 9.79 Å². The van der Waals surface area contributed by atoms with Gasteiger partial charge in [0.25, 0.3) is 5.56 Å². The highest BCUT2D eigenvalue weighted by Gasteiger charge is 2.33. The first-order valence-corrected chi connectivity index (χ1v) is 12.3. The van der Waals surface area contributed by atoms with Crippen LogP contribution in [0.1, 0.15) is 31.0 Å². The quantitative estimate of drug-likeness (QED) is 0.335. The summed E-state index contributed by atoms with van der Waals surface area (Å²) in [7, 11) is 0. The second kappa shape index (κ2) is 10.4. The van der Waals surface area contributed by atoms with E-state index in [1.165, 1.54) is 11.3 Å². The number of fused-ring (bicyclic) bond motifs is 1. The van der Waals surface area contributed by atoms with E-state index in [9.17, 15) is 9.59 Å². The Morgan fingerprint density at radius 1 is 1.26 bits per heavy atom. The van der Waals surface area contributed by atoms with Gasteiger partial charge in [0.05, 0.1) is 32.9 Å². The van der Waals surface area contributed by atoms with Gasteiger partial charge in [-0.2, -0.15) is 0 Å². The number of ether oxygens (including phenoxy) is 2. The molecule has 6 nitrogen and oxygen atoms in total. The van der Waals surface area contributed by atoms with Gasteiger partial charge in [-0.3, -0.25) is 9.36 Å². The number of halogens is 1. The van der Waals surface area contributed by atoms with Crippen LogP contribution in [0.3, 0.4) is 0 Å². The number of thiazole rings is 1. The summed E-state index contributed by atoms with van der Waals surface area (Å²) in [4.78, 5) is 31.6. The summed E-state index contributed by atoms with van der Waals surface area (Å²) in [6, 6.07) is 14.5. The SMILES string of the molecule is C=CCOc1ccc(/C=c2/sc3n(c2=O)[C@@H](c2ccccc2)C(C(=O)OCC)=C(C)N=3)cc1Br. The molecule has 0 saturated carbocycles. The first-order chi connectivity index (χ1) is 16.4. The summed E-state index contributed by atoms with van der Waals surface area (Å²) >= 11 is 4.81. The van der Waals surface area contributed by atoms with Crippen LogP contribution in [0.25, 0.3) is 6.08 Å². The number of esters is 1. The minimum absolute atomic E-state index is 0.213. The van der Waals surface area contributed by atoms with E-state index in [0.29, 0.717) is 33.0 Å². The second-order valence-corrected chi connectivity index (χ2v) is 9.37. The third kappa shape index (κ3) is 4.69. The third-order valence-corrected chi connectivity index (χ3v) is 6.85. The van der Waals surface area contributed by atoms with Gasteiger partial charge in [-0.15, -0.1) is 0 Å². The van der Waals surface area contributed by atoms with E-state index in [1.54, 1.807) is 24.5 Å². The van der Waals surface area contributed by atoms with Crippen molar-refractivity contribution in [2.45, 2.75) is 19.9 Å². The predicted molar refractivity (Wildman–Crippen MR) is 137 cm³/mol. The lowest BCUT2D eigenvalue weighted by Crippen LogP contribution is -2.39. The molecule has 0 fully saturated rings. The van der Waals surface area contributed by atoms with E-state index in [-0.39, 0.29) is 12.2 Å². The monoisotopic (exact) mass is 538 g/mol. The number of hydrogen-bond acceptors (Lipinski definition) is 6. The summed E-state index contributed by atoms with van der Waals surface area (Å²) in [5, 5.41) is 0. The van der Waals surface area contributed by atoms with Gasteiger partial charge in [0.1, 0.15) is 12.4 Å². The molecule has 3 aromatic rings. The number of benzene rings is 2. The Bertz CT molecular complexity index is 1450. The summed E-state index contributed by atoms with van der Waals surface area (Å²) in [6.07, 6.45) is 3.49. The van der Waals surface area contributed by atoms with E-state index in [4.69, 9.17) is 9.47 Å². The van der Waals surface area contributed by atoms with Crippen molar-refractivity contribution in [3.63, 3.8) is 0 Å². The van der Waals surface area contributed by atoms with Crippen molar-refractivity contribution >= 4 is 39.3 Å². The van der Waals surface area contributed by atoms with Crippen LogP contribution in [0.2, 0.25) is 0 Å². The number of nitrogens with zero attached hydrogens (tertiary/aromatic N) is 2. The molecule has 1 aromatic heterocycles. The molecule has 1 aliphatic rings. The molecule has 0 spiro atoms. The van der Waals surface area contributed by atoms with Crippen molar-refractivity contribution < 1.29 is 14.3 Å². The fourth-order valence-corrected chi connectivity index (χ4v) is 5.32. The lowest BCUT2D eigenvalue weighted by Gasteiger charge is -2.24. The lowest BCUT2D eigenvalue weighted by molar-refractivity contribution is -0.139. The fraction of sp³-hybridized carbons (Fsp3) is 0.192. The minimum Gasteiger partial charge on any atom is -0.488 e. The molecule has 0 amide bonds. The standard InChI is InChI=1S/C26H23BrN2O4S/c1-4-13-33-20-12-11-17(14-19(20)27)15-21-24(30)29-23(18-9-7-6-8-10-18)22(25(31)32-5-2)16(3)28-26(29)34-21/h4,6-12,14-15,23H,1,5,13H2,2-3H3/b21-15+/t23-/m0/s1. The Kier molecular flexibility index (Phi) is 7.29. The molecule has 0 aliphatic carbocycles. The smallest absolute Gasteiger partial charge is 0.338 e. The Balaban J connectivity index is 1.86. The van der Waals surface area contributed by atoms with E-state index in [1.807, 2.05) is 54.6 Å². The lowest BCUT2D eigenvalue weighted by atomic mass is 9.96. The first kappa shape index (κ1) is 23.9. The number of hydrogen-bond donors (Lipinski definition) is 0.